The molecule has 0 saturated carbocycles. The summed E-state index contributed by atoms with van der Waals surface area (Å²) < 4.78 is 0. The maximum atomic E-state index is 12.6. The zero-order chi connectivity index (χ0) is 21.7. The number of likely N-dealkylation sites (N-methyl/N-ethyl adjacent to an activating group) is 1. The summed E-state index contributed by atoms with van der Waals surface area (Å²) in [5, 5.41) is 14.6. The van der Waals surface area contributed by atoms with Crippen molar-refractivity contribution < 1.29 is 9.72 Å². The van der Waals surface area contributed by atoms with Crippen LogP contribution < -0.4 is 5.32 Å². The van der Waals surface area contributed by atoms with Gasteiger partial charge in [0, 0.05) is 29.1 Å². The third-order valence-corrected chi connectivity index (χ3v) is 6.67. The third-order valence-electron chi connectivity index (χ3n) is 5.60. The van der Waals surface area contributed by atoms with Crippen LogP contribution in [0.1, 0.15) is 55.5 Å². The molecule has 1 aliphatic rings. The predicted molar refractivity (Wildman–Crippen MR) is 120 cm³/mol. The fourth-order valence-electron chi connectivity index (χ4n) is 3.79. The minimum atomic E-state index is -0.419. The molecular formula is C23H29N3O3S. The molecule has 1 fully saturated rings. The molecule has 0 aromatic heterocycles. The Bertz CT molecular complexity index is 899. The van der Waals surface area contributed by atoms with E-state index in [9.17, 15) is 14.9 Å². The van der Waals surface area contributed by atoms with Gasteiger partial charge in [0.15, 0.2) is 0 Å². The van der Waals surface area contributed by atoms with Crippen LogP contribution in [0.15, 0.2) is 52.3 Å². The van der Waals surface area contributed by atoms with Crippen molar-refractivity contribution in [2.45, 2.75) is 55.4 Å². The van der Waals surface area contributed by atoms with Crippen molar-refractivity contribution in [3.63, 3.8) is 0 Å². The Morgan fingerprint density at radius 3 is 2.63 bits per heavy atom. The number of likely N-dealkylation sites (tertiary alicyclic amines) is 1. The molecule has 1 unspecified atom stereocenters. The smallest absolute Gasteiger partial charge is 0.284 e. The zero-order valence-corrected chi connectivity index (χ0v) is 18.6. The molecule has 2 aromatic carbocycles. The molecule has 160 valence electrons. The van der Waals surface area contributed by atoms with Crippen molar-refractivity contribution in [1.29, 1.82) is 0 Å². The first kappa shape index (κ1) is 22.3. The lowest BCUT2D eigenvalue weighted by Gasteiger charge is -2.22. The molecule has 0 aliphatic carbocycles. The van der Waals surface area contributed by atoms with Gasteiger partial charge < -0.3 is 5.32 Å². The van der Waals surface area contributed by atoms with Gasteiger partial charge in [-0.1, -0.05) is 44.7 Å². The highest BCUT2D eigenvalue weighted by molar-refractivity contribution is 7.99. The van der Waals surface area contributed by atoms with Gasteiger partial charge in [-0.2, -0.15) is 0 Å². The number of hydrogen-bond acceptors (Lipinski definition) is 5. The predicted octanol–water partition coefficient (Wildman–Crippen LogP) is 5.08. The Morgan fingerprint density at radius 1 is 1.27 bits per heavy atom. The summed E-state index contributed by atoms with van der Waals surface area (Å²) in [6, 6.07) is 13.1. The molecule has 6 nitrogen and oxygen atoms in total. The zero-order valence-electron chi connectivity index (χ0n) is 17.8. The fraction of sp³-hybridized carbons (Fsp3) is 0.435. The second-order valence-electron chi connectivity index (χ2n) is 7.90. The van der Waals surface area contributed by atoms with E-state index in [1.165, 1.54) is 23.4 Å². The highest BCUT2D eigenvalue weighted by Crippen LogP contribution is 2.36. The third kappa shape index (κ3) is 5.40. The summed E-state index contributed by atoms with van der Waals surface area (Å²) in [5.74, 6) is 0.170. The Balaban J connectivity index is 1.71. The van der Waals surface area contributed by atoms with Gasteiger partial charge in [0.05, 0.1) is 9.82 Å². The summed E-state index contributed by atoms with van der Waals surface area (Å²) in [6.07, 6.45) is 2.21. The highest BCUT2D eigenvalue weighted by Gasteiger charge is 2.24. The second-order valence-corrected chi connectivity index (χ2v) is 9.02. The van der Waals surface area contributed by atoms with Gasteiger partial charge in [-0.3, -0.25) is 19.8 Å². The summed E-state index contributed by atoms with van der Waals surface area (Å²) in [6.45, 7) is 8.98. The van der Waals surface area contributed by atoms with Crippen molar-refractivity contribution in [3.05, 3.63) is 63.7 Å². The fourth-order valence-corrected chi connectivity index (χ4v) is 4.69. The first-order valence-corrected chi connectivity index (χ1v) is 11.3. The maximum Gasteiger partial charge on any atom is 0.284 e. The Morgan fingerprint density at radius 2 is 2.00 bits per heavy atom. The average molecular weight is 428 g/mol. The number of benzene rings is 2. The number of hydrogen-bond donors (Lipinski definition) is 1. The van der Waals surface area contributed by atoms with E-state index < -0.39 is 4.92 Å². The quantitative estimate of drug-likeness (QED) is 0.469. The molecule has 3 rings (SSSR count). The minimum Gasteiger partial charge on any atom is -0.350 e. The topological polar surface area (TPSA) is 75.5 Å². The van der Waals surface area contributed by atoms with Crippen LogP contribution in [0.2, 0.25) is 0 Å². The van der Waals surface area contributed by atoms with E-state index in [1.54, 1.807) is 12.1 Å². The first-order chi connectivity index (χ1) is 14.4. The molecule has 0 radical (unpaired) electrons. The van der Waals surface area contributed by atoms with E-state index in [0.717, 1.165) is 30.8 Å². The van der Waals surface area contributed by atoms with Crippen LogP contribution in [0.5, 0.6) is 0 Å². The van der Waals surface area contributed by atoms with Gasteiger partial charge in [-0.05, 0) is 61.7 Å². The molecule has 1 amide bonds. The van der Waals surface area contributed by atoms with Gasteiger partial charge in [-0.25, -0.2) is 0 Å². The molecule has 2 aromatic rings. The average Bonchev–Trinajstić information content (AvgIpc) is 3.20. The number of rotatable bonds is 8. The summed E-state index contributed by atoms with van der Waals surface area (Å²) in [7, 11) is 0. The number of amides is 1. The number of nitrogens with one attached hydrogen (secondary N) is 1. The van der Waals surface area contributed by atoms with Crippen molar-refractivity contribution in [2.24, 2.45) is 0 Å². The molecule has 7 heteroatoms. The molecule has 30 heavy (non-hydrogen) atoms. The lowest BCUT2D eigenvalue weighted by Crippen LogP contribution is -2.40. The largest absolute Gasteiger partial charge is 0.350 e. The number of carbonyl (C=O) groups excluding carboxylic acids is 1. The molecule has 1 saturated heterocycles. The van der Waals surface area contributed by atoms with Crippen LogP contribution in [0.25, 0.3) is 0 Å². The molecule has 1 N–H and O–H groups in total. The molecule has 0 bridgehead atoms. The van der Waals surface area contributed by atoms with E-state index in [0.29, 0.717) is 29.0 Å². The van der Waals surface area contributed by atoms with Gasteiger partial charge in [-0.15, -0.1) is 0 Å². The number of carbonyl (C=O) groups is 1. The van der Waals surface area contributed by atoms with Crippen LogP contribution >= 0.6 is 11.8 Å². The standard InChI is InChI=1S/C23H29N3O3S/c1-4-25-13-5-6-19(25)15-24-23(27)18-9-12-22(21(14-18)26(28)29)30-20-10-7-17(8-11-20)16(2)3/h7-12,14,16,19H,4-6,13,15H2,1-3H3,(H,24,27). The van der Waals surface area contributed by atoms with Gasteiger partial charge in [0.2, 0.25) is 0 Å². The van der Waals surface area contributed by atoms with Gasteiger partial charge >= 0.3 is 0 Å². The molecule has 1 aliphatic heterocycles. The van der Waals surface area contributed by atoms with E-state index >= 15 is 0 Å². The van der Waals surface area contributed by atoms with E-state index in [4.69, 9.17) is 0 Å². The van der Waals surface area contributed by atoms with Gasteiger partial charge in [0.25, 0.3) is 11.6 Å². The van der Waals surface area contributed by atoms with Crippen molar-refractivity contribution in [2.75, 3.05) is 19.6 Å². The molecule has 1 heterocycles. The SMILES string of the molecule is CCN1CCCC1CNC(=O)c1ccc(Sc2ccc(C(C)C)cc2)c([N+](=O)[O-])c1. The summed E-state index contributed by atoms with van der Waals surface area (Å²) >= 11 is 1.34. The van der Waals surface area contributed by atoms with E-state index in [2.05, 4.69) is 31.0 Å². The first-order valence-electron chi connectivity index (χ1n) is 10.5. The van der Waals surface area contributed by atoms with Crippen LogP contribution in [0.4, 0.5) is 5.69 Å². The van der Waals surface area contributed by atoms with Crippen LogP contribution in [0.3, 0.4) is 0 Å². The highest BCUT2D eigenvalue weighted by atomic mass is 32.2. The molecular weight excluding hydrogens is 398 g/mol. The molecule has 1 atom stereocenters. The number of nitro benzene ring substituents is 1. The maximum absolute atomic E-state index is 12.6. The second kappa shape index (κ2) is 10.1. The summed E-state index contributed by atoms with van der Waals surface area (Å²) in [5.41, 5.74) is 1.50. The van der Waals surface area contributed by atoms with Crippen molar-refractivity contribution in [3.8, 4) is 0 Å². The van der Waals surface area contributed by atoms with Crippen LogP contribution in [-0.2, 0) is 0 Å². The van der Waals surface area contributed by atoms with Crippen molar-refractivity contribution >= 4 is 23.4 Å². The van der Waals surface area contributed by atoms with Crippen molar-refractivity contribution in [1.82, 2.24) is 10.2 Å². The summed E-state index contributed by atoms with van der Waals surface area (Å²) in [4.78, 5) is 27.6. The van der Waals surface area contributed by atoms with E-state index in [-0.39, 0.29) is 11.6 Å². The molecule has 0 spiro atoms. The van der Waals surface area contributed by atoms with Gasteiger partial charge in [0.1, 0.15) is 0 Å². The van der Waals surface area contributed by atoms with E-state index in [1.807, 2.05) is 24.3 Å². The number of nitro groups is 1. The van der Waals surface area contributed by atoms with Crippen LogP contribution in [-0.4, -0.2) is 41.4 Å². The number of nitrogens with zero attached hydrogens (tertiary/aromatic N) is 2. The lowest BCUT2D eigenvalue weighted by atomic mass is 10.0. The Hall–Kier alpha value is -2.38. The van der Waals surface area contributed by atoms with Crippen LogP contribution in [0, 0.1) is 10.1 Å². The Labute approximate surface area is 182 Å². The lowest BCUT2D eigenvalue weighted by molar-refractivity contribution is -0.387. The normalized spacial score (nSPS) is 16.7. The Kier molecular flexibility index (Phi) is 7.50. The minimum absolute atomic E-state index is 0.0448. The monoisotopic (exact) mass is 427 g/mol.